The number of hydrazine groups is 1. The quantitative estimate of drug-likeness (QED) is 0.527. The van der Waals surface area contributed by atoms with Gasteiger partial charge in [-0.1, -0.05) is 39.8 Å². The minimum atomic E-state index is -0.286. The molecule has 128 valence electrons. The van der Waals surface area contributed by atoms with Gasteiger partial charge in [-0.25, -0.2) is 0 Å². The van der Waals surface area contributed by atoms with Crippen LogP contribution < -0.4 is 20.9 Å². The van der Waals surface area contributed by atoms with E-state index in [1.54, 1.807) is 0 Å². The van der Waals surface area contributed by atoms with E-state index in [2.05, 4.69) is 43.9 Å². The summed E-state index contributed by atoms with van der Waals surface area (Å²) in [6.07, 6.45) is 1.02. The molecule has 0 atom stereocenters. The van der Waals surface area contributed by atoms with E-state index in [0.29, 0.717) is 22.7 Å². The summed E-state index contributed by atoms with van der Waals surface area (Å²) in [7, 11) is 0. The number of rotatable bonds is 7. The zero-order chi connectivity index (χ0) is 17.2. The Morgan fingerprint density at radius 1 is 1.13 bits per heavy atom. The third-order valence-corrected chi connectivity index (χ3v) is 3.49. The van der Waals surface area contributed by atoms with Gasteiger partial charge in [0.25, 0.3) is 5.91 Å². The van der Waals surface area contributed by atoms with Gasteiger partial charge in [0, 0.05) is 6.54 Å². The van der Waals surface area contributed by atoms with Crippen molar-refractivity contribution in [1.29, 1.82) is 0 Å². The van der Waals surface area contributed by atoms with Gasteiger partial charge in [-0.3, -0.25) is 15.6 Å². The minimum Gasteiger partial charge on any atom is -0.484 e. The largest absolute Gasteiger partial charge is 0.484 e. The summed E-state index contributed by atoms with van der Waals surface area (Å²) in [5.74, 6) is 1.46. The van der Waals surface area contributed by atoms with Gasteiger partial charge in [-0.05, 0) is 48.2 Å². The summed E-state index contributed by atoms with van der Waals surface area (Å²) in [4.78, 5) is 11.7. The van der Waals surface area contributed by atoms with Gasteiger partial charge in [-0.15, -0.1) is 0 Å². The highest BCUT2D eigenvalue weighted by Gasteiger charge is 2.04. The van der Waals surface area contributed by atoms with E-state index < -0.39 is 0 Å². The molecule has 0 unspecified atom stereocenters. The number of benzene rings is 1. The summed E-state index contributed by atoms with van der Waals surface area (Å²) < 4.78 is 5.43. The molecule has 1 aromatic carbocycles. The topological polar surface area (TPSA) is 62.4 Å². The molecule has 0 saturated carbocycles. The Morgan fingerprint density at radius 3 is 2.35 bits per heavy atom. The summed E-state index contributed by atoms with van der Waals surface area (Å²) in [5.41, 5.74) is 6.40. The Morgan fingerprint density at radius 2 is 1.78 bits per heavy atom. The van der Waals surface area contributed by atoms with E-state index in [9.17, 15) is 4.79 Å². The Bertz CT molecular complexity index is 501. The fraction of sp³-hybridized carbons (Fsp3) is 0.529. The summed E-state index contributed by atoms with van der Waals surface area (Å²) in [6, 6.07) is 7.75. The molecule has 3 N–H and O–H groups in total. The van der Waals surface area contributed by atoms with Gasteiger partial charge in [0.2, 0.25) is 0 Å². The monoisotopic (exact) mass is 337 g/mol. The van der Waals surface area contributed by atoms with Crippen LogP contribution in [0.25, 0.3) is 0 Å². The lowest BCUT2D eigenvalue weighted by Gasteiger charge is -2.13. The molecular formula is C17H27N3O2S. The summed E-state index contributed by atoms with van der Waals surface area (Å²) >= 11 is 5.06. The molecule has 0 heterocycles. The van der Waals surface area contributed by atoms with E-state index in [0.717, 1.165) is 13.0 Å². The van der Waals surface area contributed by atoms with Gasteiger partial charge < -0.3 is 10.1 Å². The molecule has 1 rings (SSSR count). The van der Waals surface area contributed by atoms with E-state index in [1.807, 2.05) is 24.3 Å². The van der Waals surface area contributed by atoms with Crippen LogP contribution >= 0.6 is 12.2 Å². The Balaban J connectivity index is 2.22. The van der Waals surface area contributed by atoms with Gasteiger partial charge in [0.05, 0.1) is 0 Å². The minimum absolute atomic E-state index is 0.0668. The standard InChI is InChI=1S/C17H27N3O2S/c1-12(2)9-10-18-17(23)20-19-16(21)11-22-15-7-5-14(6-8-15)13(3)4/h5-8,12-13H,9-11H2,1-4H3,(H,19,21)(H2,18,20,23). The van der Waals surface area contributed by atoms with E-state index in [4.69, 9.17) is 17.0 Å². The molecule has 0 bridgehead atoms. The second-order valence-corrected chi connectivity index (χ2v) is 6.53. The van der Waals surface area contributed by atoms with Crippen molar-refractivity contribution < 1.29 is 9.53 Å². The first-order chi connectivity index (χ1) is 10.9. The molecule has 0 aliphatic carbocycles. The zero-order valence-electron chi connectivity index (χ0n) is 14.3. The molecule has 0 radical (unpaired) electrons. The van der Waals surface area contributed by atoms with E-state index in [-0.39, 0.29) is 12.5 Å². The predicted molar refractivity (Wildman–Crippen MR) is 97.4 cm³/mol. The molecule has 0 aliphatic rings. The number of ether oxygens (including phenoxy) is 1. The number of hydrogen-bond acceptors (Lipinski definition) is 3. The molecule has 5 nitrogen and oxygen atoms in total. The molecule has 6 heteroatoms. The van der Waals surface area contributed by atoms with Crippen LogP contribution in [0.15, 0.2) is 24.3 Å². The number of carbonyl (C=O) groups excluding carboxylic acids is 1. The van der Waals surface area contributed by atoms with Crippen LogP contribution in [0.3, 0.4) is 0 Å². The second kappa shape index (κ2) is 10.0. The Hall–Kier alpha value is -1.82. The van der Waals surface area contributed by atoms with Crippen LogP contribution in [0.1, 0.15) is 45.6 Å². The highest BCUT2D eigenvalue weighted by atomic mass is 32.1. The molecule has 0 aromatic heterocycles. The first-order valence-electron chi connectivity index (χ1n) is 7.94. The lowest BCUT2D eigenvalue weighted by atomic mass is 10.0. The number of hydrogen-bond donors (Lipinski definition) is 3. The van der Waals surface area contributed by atoms with Crippen LogP contribution in [0, 0.1) is 5.92 Å². The van der Waals surface area contributed by atoms with Crippen LogP contribution in [0.4, 0.5) is 0 Å². The first-order valence-corrected chi connectivity index (χ1v) is 8.34. The molecule has 0 aliphatic heterocycles. The molecular weight excluding hydrogens is 310 g/mol. The molecule has 1 aromatic rings. The third kappa shape index (κ3) is 8.40. The van der Waals surface area contributed by atoms with Crippen LogP contribution in [-0.4, -0.2) is 24.2 Å². The van der Waals surface area contributed by atoms with Gasteiger partial charge >= 0.3 is 0 Å². The number of carbonyl (C=O) groups is 1. The lowest BCUT2D eigenvalue weighted by Crippen LogP contribution is -2.48. The maximum absolute atomic E-state index is 11.7. The van der Waals surface area contributed by atoms with Crippen molar-refractivity contribution in [2.24, 2.45) is 5.92 Å². The average Bonchev–Trinajstić information content (AvgIpc) is 2.51. The van der Waals surface area contributed by atoms with Crippen molar-refractivity contribution in [2.75, 3.05) is 13.2 Å². The van der Waals surface area contributed by atoms with Crippen molar-refractivity contribution >= 4 is 23.2 Å². The van der Waals surface area contributed by atoms with Crippen molar-refractivity contribution in [3.8, 4) is 5.75 Å². The molecule has 0 spiro atoms. The van der Waals surface area contributed by atoms with Gasteiger partial charge in [-0.2, -0.15) is 0 Å². The maximum Gasteiger partial charge on any atom is 0.276 e. The smallest absolute Gasteiger partial charge is 0.276 e. The second-order valence-electron chi connectivity index (χ2n) is 6.12. The highest BCUT2D eigenvalue weighted by Crippen LogP contribution is 2.18. The van der Waals surface area contributed by atoms with Gasteiger partial charge in [0.15, 0.2) is 11.7 Å². The summed E-state index contributed by atoms with van der Waals surface area (Å²) in [6.45, 7) is 9.26. The van der Waals surface area contributed by atoms with Crippen molar-refractivity contribution in [2.45, 2.75) is 40.0 Å². The van der Waals surface area contributed by atoms with E-state index >= 15 is 0 Å². The lowest BCUT2D eigenvalue weighted by molar-refractivity contribution is -0.123. The van der Waals surface area contributed by atoms with Crippen LogP contribution in [0.5, 0.6) is 5.75 Å². The Kier molecular flexibility index (Phi) is 8.40. The Labute approximate surface area is 144 Å². The highest BCUT2D eigenvalue weighted by molar-refractivity contribution is 7.80. The molecule has 1 amide bonds. The molecule has 23 heavy (non-hydrogen) atoms. The SMILES string of the molecule is CC(C)CCNC(=S)NNC(=O)COc1ccc(C(C)C)cc1. The van der Waals surface area contributed by atoms with Crippen LogP contribution in [0.2, 0.25) is 0 Å². The third-order valence-electron chi connectivity index (χ3n) is 3.24. The predicted octanol–water partition coefficient (Wildman–Crippen LogP) is 2.73. The normalized spacial score (nSPS) is 10.5. The number of amides is 1. The average molecular weight is 337 g/mol. The van der Waals surface area contributed by atoms with Crippen molar-refractivity contribution in [3.63, 3.8) is 0 Å². The zero-order valence-corrected chi connectivity index (χ0v) is 15.1. The molecule has 0 saturated heterocycles. The molecule has 0 fully saturated rings. The van der Waals surface area contributed by atoms with Gasteiger partial charge in [0.1, 0.15) is 5.75 Å². The van der Waals surface area contributed by atoms with Crippen molar-refractivity contribution in [1.82, 2.24) is 16.2 Å². The first kappa shape index (κ1) is 19.2. The van der Waals surface area contributed by atoms with Crippen molar-refractivity contribution in [3.05, 3.63) is 29.8 Å². The number of thiocarbonyl (C=S) groups is 1. The fourth-order valence-corrected chi connectivity index (χ4v) is 1.93. The fourth-order valence-electron chi connectivity index (χ4n) is 1.78. The maximum atomic E-state index is 11.7. The van der Waals surface area contributed by atoms with Crippen LogP contribution in [-0.2, 0) is 4.79 Å². The summed E-state index contributed by atoms with van der Waals surface area (Å²) in [5, 5.41) is 3.43. The van der Waals surface area contributed by atoms with E-state index in [1.165, 1.54) is 5.56 Å². The number of nitrogens with one attached hydrogen (secondary N) is 3.